The molecule has 1 atom stereocenters. The van der Waals surface area contributed by atoms with Gasteiger partial charge in [-0.05, 0) is 37.5 Å². The number of aryl methyl sites for hydroxylation is 1. The molecule has 4 nitrogen and oxygen atoms in total. The molecule has 28 heavy (non-hydrogen) atoms. The Morgan fingerprint density at radius 2 is 1.93 bits per heavy atom. The van der Waals surface area contributed by atoms with E-state index in [2.05, 4.69) is 67.9 Å². The number of rotatable bonds is 12. The molecule has 2 rings (SSSR count). The normalized spacial score (nSPS) is 12.1. The van der Waals surface area contributed by atoms with Crippen molar-refractivity contribution < 1.29 is 9.53 Å². The van der Waals surface area contributed by atoms with E-state index < -0.39 is 0 Å². The van der Waals surface area contributed by atoms with Gasteiger partial charge in [-0.1, -0.05) is 56.5 Å². The van der Waals surface area contributed by atoms with Gasteiger partial charge in [-0.2, -0.15) is 0 Å². The number of methoxy groups -OCH3 is 1. The van der Waals surface area contributed by atoms with Crippen LogP contribution in [0.4, 0.5) is 0 Å². The molecule has 0 fully saturated rings. The van der Waals surface area contributed by atoms with Crippen LogP contribution >= 0.6 is 0 Å². The minimum absolute atomic E-state index is 0.109. The molecular weight excluding hydrogens is 348 g/mol. The Morgan fingerprint density at radius 3 is 2.57 bits per heavy atom. The molecule has 0 bridgehead atoms. The second-order valence-electron chi connectivity index (χ2n) is 7.61. The largest absolute Gasteiger partial charge is 0.383 e. The third-order valence-electron chi connectivity index (χ3n) is 5.38. The van der Waals surface area contributed by atoms with Crippen LogP contribution in [0.2, 0.25) is 0 Å². The van der Waals surface area contributed by atoms with Gasteiger partial charge >= 0.3 is 0 Å². The Labute approximate surface area is 170 Å². The van der Waals surface area contributed by atoms with E-state index in [-0.39, 0.29) is 11.8 Å². The highest BCUT2D eigenvalue weighted by atomic mass is 16.5. The van der Waals surface area contributed by atoms with E-state index in [1.54, 1.807) is 7.11 Å². The lowest BCUT2D eigenvalue weighted by molar-refractivity contribution is -0.137. The predicted octanol–water partition coefficient (Wildman–Crippen LogP) is 5.04. The highest BCUT2D eigenvalue weighted by Crippen LogP contribution is 2.19. The lowest BCUT2D eigenvalue weighted by Gasteiger charge is -2.27. The van der Waals surface area contributed by atoms with Crippen molar-refractivity contribution in [1.82, 2.24) is 9.47 Å². The standard InChI is InChI=1S/C24H36N2O2/c1-5-7-9-22(6-2)24(27)26(16-17-28-4)19-23-10-8-15-25(23)18-21-13-11-20(3)12-14-21/h8,10-15,22H,5-7,9,16-19H2,1-4H3/t22-/m0/s1. The fourth-order valence-corrected chi connectivity index (χ4v) is 3.51. The molecule has 0 aliphatic carbocycles. The molecule has 1 aromatic heterocycles. The minimum atomic E-state index is 0.109. The van der Waals surface area contributed by atoms with Crippen molar-refractivity contribution >= 4 is 5.91 Å². The molecule has 0 unspecified atom stereocenters. The molecular formula is C24H36N2O2. The van der Waals surface area contributed by atoms with Crippen molar-refractivity contribution in [1.29, 1.82) is 0 Å². The quantitative estimate of drug-likeness (QED) is 0.514. The summed E-state index contributed by atoms with van der Waals surface area (Å²) in [7, 11) is 1.69. The van der Waals surface area contributed by atoms with E-state index >= 15 is 0 Å². The Bertz CT molecular complexity index is 706. The summed E-state index contributed by atoms with van der Waals surface area (Å²) in [5, 5.41) is 0. The minimum Gasteiger partial charge on any atom is -0.383 e. The first-order valence-corrected chi connectivity index (χ1v) is 10.6. The third kappa shape index (κ3) is 6.52. The number of carbonyl (C=O) groups is 1. The van der Waals surface area contributed by atoms with Crippen molar-refractivity contribution in [2.24, 2.45) is 5.92 Å². The molecule has 4 heteroatoms. The number of hydrogen-bond acceptors (Lipinski definition) is 2. The van der Waals surface area contributed by atoms with Gasteiger partial charge in [-0.15, -0.1) is 0 Å². The molecule has 0 aliphatic heterocycles. The number of amides is 1. The summed E-state index contributed by atoms with van der Waals surface area (Å²) in [5.41, 5.74) is 3.70. The van der Waals surface area contributed by atoms with Gasteiger partial charge < -0.3 is 14.2 Å². The fraction of sp³-hybridized carbons (Fsp3) is 0.542. The molecule has 0 spiro atoms. The number of nitrogens with zero attached hydrogens (tertiary/aromatic N) is 2. The Kier molecular flexibility index (Phi) is 9.29. The first-order chi connectivity index (χ1) is 13.6. The molecule has 1 heterocycles. The maximum absolute atomic E-state index is 13.2. The smallest absolute Gasteiger partial charge is 0.226 e. The maximum atomic E-state index is 13.2. The summed E-state index contributed by atoms with van der Waals surface area (Å²) in [4.78, 5) is 15.2. The van der Waals surface area contributed by atoms with E-state index in [1.807, 2.05) is 4.90 Å². The van der Waals surface area contributed by atoms with Crippen LogP contribution in [0.5, 0.6) is 0 Å². The van der Waals surface area contributed by atoms with Gasteiger partial charge in [0.15, 0.2) is 0 Å². The van der Waals surface area contributed by atoms with Crippen molar-refractivity contribution in [2.75, 3.05) is 20.3 Å². The van der Waals surface area contributed by atoms with Gasteiger partial charge in [0.25, 0.3) is 0 Å². The summed E-state index contributed by atoms with van der Waals surface area (Å²) < 4.78 is 7.51. The summed E-state index contributed by atoms with van der Waals surface area (Å²) in [5.74, 6) is 0.369. The number of hydrogen-bond donors (Lipinski definition) is 0. The SMILES string of the molecule is CCCC[C@H](CC)C(=O)N(CCOC)Cc1cccn1Cc1ccc(C)cc1. The molecule has 154 valence electrons. The zero-order valence-electron chi connectivity index (χ0n) is 18.0. The zero-order valence-corrected chi connectivity index (χ0v) is 18.0. The molecule has 0 N–H and O–H groups in total. The Morgan fingerprint density at radius 1 is 1.18 bits per heavy atom. The van der Waals surface area contributed by atoms with E-state index in [9.17, 15) is 4.79 Å². The first kappa shape index (κ1) is 22.2. The molecule has 0 saturated heterocycles. The number of carbonyl (C=O) groups excluding carboxylic acids is 1. The lowest BCUT2D eigenvalue weighted by Crippen LogP contribution is -2.38. The Hall–Kier alpha value is -2.07. The van der Waals surface area contributed by atoms with Crippen molar-refractivity contribution in [3.63, 3.8) is 0 Å². The van der Waals surface area contributed by atoms with Crippen LogP contribution in [-0.4, -0.2) is 35.6 Å². The van der Waals surface area contributed by atoms with Gasteiger partial charge in [0, 0.05) is 38.0 Å². The van der Waals surface area contributed by atoms with Gasteiger partial charge in [0.1, 0.15) is 0 Å². The second kappa shape index (κ2) is 11.7. The van der Waals surface area contributed by atoms with Crippen LogP contribution in [0.25, 0.3) is 0 Å². The second-order valence-corrected chi connectivity index (χ2v) is 7.61. The lowest BCUT2D eigenvalue weighted by atomic mass is 9.97. The van der Waals surface area contributed by atoms with E-state index in [0.717, 1.165) is 37.9 Å². The summed E-state index contributed by atoms with van der Waals surface area (Å²) in [6.07, 6.45) is 6.20. The topological polar surface area (TPSA) is 34.5 Å². The summed E-state index contributed by atoms with van der Waals surface area (Å²) in [6, 6.07) is 12.8. The van der Waals surface area contributed by atoms with E-state index in [4.69, 9.17) is 4.74 Å². The highest BCUT2D eigenvalue weighted by molar-refractivity contribution is 5.78. The average Bonchev–Trinajstić information content (AvgIpc) is 3.13. The summed E-state index contributed by atoms with van der Waals surface area (Å²) >= 11 is 0. The van der Waals surface area contributed by atoms with Crippen LogP contribution in [-0.2, 0) is 22.6 Å². The Balaban J connectivity index is 2.12. The van der Waals surface area contributed by atoms with Crippen LogP contribution in [0.15, 0.2) is 42.6 Å². The molecule has 2 aromatic rings. The zero-order chi connectivity index (χ0) is 20.4. The van der Waals surface area contributed by atoms with Crippen LogP contribution in [0.3, 0.4) is 0 Å². The highest BCUT2D eigenvalue weighted by Gasteiger charge is 2.23. The van der Waals surface area contributed by atoms with Gasteiger partial charge in [-0.3, -0.25) is 4.79 Å². The molecule has 0 radical (unpaired) electrons. The number of unbranched alkanes of at least 4 members (excludes halogenated alkanes) is 1. The molecule has 1 aromatic carbocycles. The molecule has 0 aliphatic rings. The number of aromatic nitrogens is 1. The third-order valence-corrected chi connectivity index (χ3v) is 5.38. The average molecular weight is 385 g/mol. The number of ether oxygens (including phenoxy) is 1. The van der Waals surface area contributed by atoms with Crippen LogP contribution < -0.4 is 0 Å². The molecule has 0 saturated carbocycles. The first-order valence-electron chi connectivity index (χ1n) is 10.6. The van der Waals surface area contributed by atoms with E-state index in [0.29, 0.717) is 19.7 Å². The van der Waals surface area contributed by atoms with Gasteiger partial charge in [0.05, 0.1) is 13.2 Å². The van der Waals surface area contributed by atoms with Gasteiger partial charge in [0.2, 0.25) is 5.91 Å². The molecule has 1 amide bonds. The maximum Gasteiger partial charge on any atom is 0.226 e. The van der Waals surface area contributed by atoms with Gasteiger partial charge in [-0.25, -0.2) is 0 Å². The summed E-state index contributed by atoms with van der Waals surface area (Å²) in [6.45, 7) is 9.05. The van der Waals surface area contributed by atoms with Crippen LogP contribution in [0.1, 0.15) is 56.4 Å². The number of benzene rings is 1. The van der Waals surface area contributed by atoms with Crippen molar-refractivity contribution in [3.05, 3.63) is 59.4 Å². The van der Waals surface area contributed by atoms with Crippen LogP contribution in [0, 0.1) is 12.8 Å². The van der Waals surface area contributed by atoms with E-state index in [1.165, 1.54) is 11.1 Å². The predicted molar refractivity (Wildman–Crippen MR) is 115 cm³/mol. The van der Waals surface area contributed by atoms with Crippen molar-refractivity contribution in [2.45, 2.75) is 59.5 Å². The van der Waals surface area contributed by atoms with Crippen molar-refractivity contribution in [3.8, 4) is 0 Å². The monoisotopic (exact) mass is 384 g/mol. The fourth-order valence-electron chi connectivity index (χ4n) is 3.51.